The summed E-state index contributed by atoms with van der Waals surface area (Å²) in [6.07, 6.45) is 0.102. The first kappa shape index (κ1) is 18.8. The summed E-state index contributed by atoms with van der Waals surface area (Å²) in [6.45, 7) is 1.86. The van der Waals surface area contributed by atoms with E-state index in [1.807, 2.05) is 37.3 Å². The molecule has 0 radical (unpaired) electrons. The van der Waals surface area contributed by atoms with Crippen molar-refractivity contribution in [2.45, 2.75) is 13.3 Å². The highest BCUT2D eigenvalue weighted by molar-refractivity contribution is 5.82. The number of hydrogen-bond donors (Lipinski definition) is 2. The van der Waals surface area contributed by atoms with Crippen molar-refractivity contribution in [2.24, 2.45) is 0 Å². The first-order valence-electron chi connectivity index (χ1n) is 7.97. The van der Waals surface area contributed by atoms with Crippen molar-refractivity contribution in [3.8, 4) is 17.6 Å². The van der Waals surface area contributed by atoms with Crippen molar-refractivity contribution in [2.75, 3.05) is 13.2 Å². The SMILES string of the molecule is Cc1ccccc1OCCC(=O)NNC(=O)COc1ccc(C#N)cc1. The number of carbonyl (C=O) groups excluding carboxylic acids is 2. The Labute approximate surface area is 151 Å². The van der Waals surface area contributed by atoms with Crippen LogP contribution in [-0.4, -0.2) is 25.0 Å². The number of aryl methyl sites for hydroxylation is 1. The number of nitrogens with one attached hydrogen (secondary N) is 2. The fourth-order valence-electron chi connectivity index (χ4n) is 1.98. The number of carbonyl (C=O) groups is 2. The number of nitriles is 1. The van der Waals surface area contributed by atoms with Crippen LogP contribution in [0.1, 0.15) is 17.5 Å². The van der Waals surface area contributed by atoms with Gasteiger partial charge in [0, 0.05) is 0 Å². The number of rotatable bonds is 7. The molecule has 134 valence electrons. The van der Waals surface area contributed by atoms with Crippen LogP contribution in [-0.2, 0) is 9.59 Å². The van der Waals surface area contributed by atoms with Gasteiger partial charge in [0.05, 0.1) is 24.7 Å². The third kappa shape index (κ3) is 6.17. The highest BCUT2D eigenvalue weighted by atomic mass is 16.5. The normalized spacial score (nSPS) is 9.69. The van der Waals surface area contributed by atoms with E-state index >= 15 is 0 Å². The third-order valence-corrected chi connectivity index (χ3v) is 3.37. The molecule has 2 aromatic rings. The number of hydrogen-bond acceptors (Lipinski definition) is 5. The topological polar surface area (TPSA) is 100 Å². The molecule has 0 bridgehead atoms. The fourth-order valence-corrected chi connectivity index (χ4v) is 1.98. The Bertz CT molecular complexity index is 797. The van der Waals surface area contributed by atoms with E-state index in [4.69, 9.17) is 14.7 Å². The zero-order valence-electron chi connectivity index (χ0n) is 14.3. The molecule has 2 amide bonds. The van der Waals surface area contributed by atoms with Crippen molar-refractivity contribution >= 4 is 11.8 Å². The molecule has 0 unspecified atom stereocenters. The minimum absolute atomic E-state index is 0.102. The molecule has 0 saturated heterocycles. The number of benzene rings is 2. The summed E-state index contributed by atoms with van der Waals surface area (Å²) in [5.74, 6) is 0.310. The van der Waals surface area contributed by atoms with Crippen LogP contribution in [0.4, 0.5) is 0 Å². The Morgan fingerprint density at radius 3 is 2.38 bits per heavy atom. The van der Waals surface area contributed by atoms with E-state index in [9.17, 15) is 9.59 Å². The van der Waals surface area contributed by atoms with Gasteiger partial charge in [0.25, 0.3) is 5.91 Å². The lowest BCUT2D eigenvalue weighted by Gasteiger charge is -2.10. The molecule has 0 aliphatic rings. The number of nitrogens with zero attached hydrogens (tertiary/aromatic N) is 1. The third-order valence-electron chi connectivity index (χ3n) is 3.37. The maximum atomic E-state index is 11.7. The molecule has 26 heavy (non-hydrogen) atoms. The van der Waals surface area contributed by atoms with Crippen LogP contribution in [0.3, 0.4) is 0 Å². The highest BCUT2D eigenvalue weighted by Gasteiger charge is 2.07. The molecule has 0 saturated carbocycles. The van der Waals surface area contributed by atoms with Crippen LogP contribution in [0.15, 0.2) is 48.5 Å². The molecular weight excluding hydrogens is 334 g/mol. The zero-order chi connectivity index (χ0) is 18.8. The van der Waals surface area contributed by atoms with Gasteiger partial charge in [-0.05, 0) is 42.8 Å². The maximum Gasteiger partial charge on any atom is 0.276 e. The Hall–Kier alpha value is -3.53. The van der Waals surface area contributed by atoms with E-state index in [-0.39, 0.29) is 25.5 Å². The van der Waals surface area contributed by atoms with Gasteiger partial charge in [0.2, 0.25) is 5.91 Å². The standard InChI is InChI=1S/C19H19N3O4/c1-14-4-2-3-5-17(14)25-11-10-18(23)21-22-19(24)13-26-16-8-6-15(12-20)7-9-16/h2-9H,10-11,13H2,1H3,(H,21,23)(H,22,24). The molecule has 0 heterocycles. The average Bonchev–Trinajstić information content (AvgIpc) is 2.66. The highest BCUT2D eigenvalue weighted by Crippen LogP contribution is 2.16. The first-order chi connectivity index (χ1) is 12.6. The lowest BCUT2D eigenvalue weighted by Crippen LogP contribution is -2.44. The molecule has 0 aliphatic heterocycles. The predicted molar refractivity (Wildman–Crippen MR) is 94.2 cm³/mol. The smallest absolute Gasteiger partial charge is 0.276 e. The van der Waals surface area contributed by atoms with Crippen molar-refractivity contribution in [3.63, 3.8) is 0 Å². The molecule has 0 atom stereocenters. The summed E-state index contributed by atoms with van der Waals surface area (Å²) >= 11 is 0. The van der Waals surface area contributed by atoms with Gasteiger partial charge >= 0.3 is 0 Å². The maximum absolute atomic E-state index is 11.7. The van der Waals surface area contributed by atoms with Gasteiger partial charge < -0.3 is 9.47 Å². The molecule has 0 aliphatic carbocycles. The van der Waals surface area contributed by atoms with E-state index in [0.717, 1.165) is 11.3 Å². The quantitative estimate of drug-likeness (QED) is 0.740. The summed E-state index contributed by atoms with van der Waals surface area (Å²) in [5, 5.41) is 8.70. The monoisotopic (exact) mass is 353 g/mol. The van der Waals surface area contributed by atoms with E-state index < -0.39 is 5.91 Å². The molecule has 0 spiro atoms. The van der Waals surface area contributed by atoms with E-state index in [0.29, 0.717) is 11.3 Å². The lowest BCUT2D eigenvalue weighted by atomic mass is 10.2. The Morgan fingerprint density at radius 1 is 1.00 bits per heavy atom. The summed E-state index contributed by atoms with van der Waals surface area (Å²) in [4.78, 5) is 23.3. The molecule has 0 fully saturated rings. The number of para-hydroxylation sites is 1. The predicted octanol–water partition coefficient (Wildman–Crippen LogP) is 1.86. The Kier molecular flexibility index (Phi) is 7.01. The molecule has 2 aromatic carbocycles. The van der Waals surface area contributed by atoms with Crippen LogP contribution in [0.2, 0.25) is 0 Å². The molecule has 2 N–H and O–H groups in total. The van der Waals surface area contributed by atoms with Gasteiger partial charge in [-0.1, -0.05) is 18.2 Å². The largest absolute Gasteiger partial charge is 0.493 e. The van der Waals surface area contributed by atoms with Gasteiger partial charge in [-0.2, -0.15) is 5.26 Å². The molecule has 7 heteroatoms. The average molecular weight is 353 g/mol. The van der Waals surface area contributed by atoms with Crippen LogP contribution in [0.25, 0.3) is 0 Å². The van der Waals surface area contributed by atoms with Gasteiger partial charge in [-0.3, -0.25) is 20.4 Å². The second-order valence-corrected chi connectivity index (χ2v) is 5.39. The molecular formula is C19H19N3O4. The minimum Gasteiger partial charge on any atom is -0.493 e. The van der Waals surface area contributed by atoms with Gasteiger partial charge in [0.15, 0.2) is 6.61 Å². The lowest BCUT2D eigenvalue weighted by molar-refractivity contribution is -0.130. The molecule has 7 nitrogen and oxygen atoms in total. The van der Waals surface area contributed by atoms with Crippen molar-refractivity contribution in [1.82, 2.24) is 10.9 Å². The summed E-state index contributed by atoms with van der Waals surface area (Å²) in [6, 6.07) is 15.9. The van der Waals surface area contributed by atoms with Gasteiger partial charge in [-0.25, -0.2) is 0 Å². The number of ether oxygens (including phenoxy) is 2. The van der Waals surface area contributed by atoms with Gasteiger partial charge in [0.1, 0.15) is 11.5 Å². The van der Waals surface area contributed by atoms with E-state index in [1.54, 1.807) is 24.3 Å². The Morgan fingerprint density at radius 2 is 1.69 bits per heavy atom. The zero-order valence-corrected chi connectivity index (χ0v) is 14.3. The number of amides is 2. The summed E-state index contributed by atoms with van der Waals surface area (Å²) < 4.78 is 10.8. The van der Waals surface area contributed by atoms with Crippen LogP contribution >= 0.6 is 0 Å². The van der Waals surface area contributed by atoms with Crippen molar-refractivity contribution in [3.05, 3.63) is 59.7 Å². The van der Waals surface area contributed by atoms with E-state index in [2.05, 4.69) is 10.9 Å². The van der Waals surface area contributed by atoms with Crippen molar-refractivity contribution < 1.29 is 19.1 Å². The second-order valence-electron chi connectivity index (χ2n) is 5.39. The van der Waals surface area contributed by atoms with Crippen molar-refractivity contribution in [1.29, 1.82) is 5.26 Å². The first-order valence-corrected chi connectivity index (χ1v) is 7.97. The Balaban J connectivity index is 1.62. The molecule has 2 rings (SSSR count). The number of hydrazine groups is 1. The van der Waals surface area contributed by atoms with Crippen LogP contribution in [0, 0.1) is 18.3 Å². The van der Waals surface area contributed by atoms with E-state index in [1.165, 1.54) is 0 Å². The fraction of sp³-hybridized carbons (Fsp3) is 0.211. The summed E-state index contributed by atoms with van der Waals surface area (Å²) in [7, 11) is 0. The minimum atomic E-state index is -0.498. The van der Waals surface area contributed by atoms with Crippen LogP contribution in [0.5, 0.6) is 11.5 Å². The summed E-state index contributed by atoms with van der Waals surface area (Å²) in [5.41, 5.74) is 6.05. The van der Waals surface area contributed by atoms with Crippen LogP contribution < -0.4 is 20.3 Å². The second kappa shape index (κ2) is 9.69. The molecule has 0 aromatic heterocycles. The van der Waals surface area contributed by atoms with Gasteiger partial charge in [-0.15, -0.1) is 0 Å².